The number of amides is 1. The van der Waals surface area contributed by atoms with Crippen molar-refractivity contribution in [2.45, 2.75) is 18.7 Å². The van der Waals surface area contributed by atoms with Crippen molar-refractivity contribution in [3.63, 3.8) is 0 Å². The van der Waals surface area contributed by atoms with Crippen LogP contribution in [0.2, 0.25) is 0 Å². The number of ether oxygens (including phenoxy) is 1. The largest absolute Gasteiger partial charge is 0.453 e. The van der Waals surface area contributed by atoms with Gasteiger partial charge in [-0.25, -0.2) is 4.79 Å². The van der Waals surface area contributed by atoms with E-state index in [2.05, 4.69) is 0 Å². The second kappa shape index (κ2) is 7.42. The Morgan fingerprint density at radius 1 is 1.03 bits per heavy atom. The minimum absolute atomic E-state index is 0.0618. The van der Waals surface area contributed by atoms with E-state index < -0.39 is 23.8 Å². The highest BCUT2D eigenvalue weighted by Gasteiger charge is 2.34. The van der Waals surface area contributed by atoms with Gasteiger partial charge in [-0.05, 0) is 24.3 Å². The number of alkyl halides is 3. The molecule has 5 nitrogen and oxygen atoms in total. The molecule has 0 saturated carbocycles. The first-order chi connectivity index (χ1) is 13.8. The zero-order chi connectivity index (χ0) is 20.6. The zero-order valence-electron chi connectivity index (χ0n) is 15.5. The number of fused-ring (bicyclic) bond motifs is 1. The molecule has 4 rings (SSSR count). The zero-order valence-corrected chi connectivity index (χ0v) is 15.5. The van der Waals surface area contributed by atoms with Gasteiger partial charge in [0.05, 0.1) is 17.5 Å². The van der Waals surface area contributed by atoms with Gasteiger partial charge in [-0.2, -0.15) is 13.2 Å². The summed E-state index contributed by atoms with van der Waals surface area (Å²) < 4.78 is 44.1. The molecule has 2 aromatic rings. The number of esters is 1. The number of carbonyl (C=O) groups excluding carboxylic acids is 2. The van der Waals surface area contributed by atoms with Gasteiger partial charge in [-0.3, -0.25) is 4.79 Å². The molecule has 1 fully saturated rings. The molecule has 0 spiro atoms. The average Bonchev–Trinajstić information content (AvgIpc) is 3.03. The topological polar surface area (TPSA) is 49.9 Å². The van der Waals surface area contributed by atoms with E-state index in [-0.39, 0.29) is 12.3 Å². The van der Waals surface area contributed by atoms with Crippen molar-refractivity contribution in [1.82, 2.24) is 4.90 Å². The molecule has 1 atom stereocenters. The molecule has 2 aliphatic heterocycles. The van der Waals surface area contributed by atoms with E-state index in [1.54, 1.807) is 35.2 Å². The van der Waals surface area contributed by atoms with E-state index in [0.717, 1.165) is 12.1 Å². The maximum absolute atomic E-state index is 12.9. The van der Waals surface area contributed by atoms with Gasteiger partial charge in [0.1, 0.15) is 6.10 Å². The van der Waals surface area contributed by atoms with Crippen molar-refractivity contribution < 1.29 is 27.5 Å². The molecular weight excluding hydrogens is 385 g/mol. The molecule has 2 aromatic carbocycles. The molecule has 152 valence electrons. The van der Waals surface area contributed by atoms with Crippen LogP contribution >= 0.6 is 0 Å². The van der Waals surface area contributed by atoms with Gasteiger partial charge in [0.25, 0.3) is 0 Å². The Balaban J connectivity index is 1.37. The lowest BCUT2D eigenvalue weighted by atomic mass is 10.0. The van der Waals surface area contributed by atoms with E-state index in [0.29, 0.717) is 43.0 Å². The van der Waals surface area contributed by atoms with Crippen LogP contribution < -0.4 is 4.90 Å². The van der Waals surface area contributed by atoms with Crippen LogP contribution in [0.5, 0.6) is 0 Å². The Hall–Kier alpha value is -3.03. The molecule has 29 heavy (non-hydrogen) atoms. The maximum Gasteiger partial charge on any atom is 0.416 e. The maximum atomic E-state index is 12.9. The van der Waals surface area contributed by atoms with Crippen LogP contribution in [-0.4, -0.2) is 43.0 Å². The monoisotopic (exact) mass is 404 g/mol. The van der Waals surface area contributed by atoms with E-state index in [9.17, 15) is 22.8 Å². The third-order valence-corrected chi connectivity index (χ3v) is 5.31. The van der Waals surface area contributed by atoms with Crippen molar-refractivity contribution in [3.8, 4) is 0 Å². The van der Waals surface area contributed by atoms with E-state index >= 15 is 0 Å². The number of nitrogens with zero attached hydrogens (tertiary/aromatic N) is 2. The number of hydrogen-bond donors (Lipinski definition) is 0. The molecule has 1 saturated heterocycles. The summed E-state index contributed by atoms with van der Waals surface area (Å²) >= 11 is 0. The predicted octanol–water partition coefficient (Wildman–Crippen LogP) is 3.66. The molecule has 0 aliphatic carbocycles. The Morgan fingerprint density at radius 3 is 2.48 bits per heavy atom. The lowest BCUT2D eigenvalue weighted by molar-refractivity contribution is -0.137. The molecule has 0 aromatic heterocycles. The fraction of sp³-hybridized carbons (Fsp3) is 0.333. The smallest absolute Gasteiger partial charge is 0.416 e. The quantitative estimate of drug-likeness (QED) is 0.733. The summed E-state index contributed by atoms with van der Waals surface area (Å²) in [6.07, 6.45) is -4.91. The summed E-state index contributed by atoms with van der Waals surface area (Å²) in [5.74, 6) is -0.559. The summed E-state index contributed by atoms with van der Waals surface area (Å²) in [6.45, 7) is 1.68. The van der Waals surface area contributed by atoms with Crippen molar-refractivity contribution in [2.24, 2.45) is 0 Å². The highest BCUT2D eigenvalue weighted by atomic mass is 19.4. The van der Waals surface area contributed by atoms with Gasteiger partial charge >= 0.3 is 12.1 Å². The van der Waals surface area contributed by atoms with Crippen LogP contribution in [-0.2, 0) is 15.7 Å². The van der Waals surface area contributed by atoms with E-state index in [4.69, 9.17) is 4.74 Å². The van der Waals surface area contributed by atoms with Crippen LogP contribution in [0.1, 0.15) is 34.0 Å². The lowest BCUT2D eigenvalue weighted by Gasteiger charge is -2.36. The standard InChI is InChI=1S/C21H19F3N2O3/c22-21(23,24)14-4-3-5-15(12-14)25-8-10-26(11-9-25)19(27)13-18-16-6-1-2-7-17(16)20(28)29-18/h1-7,12,18H,8-11,13H2/t18-/m0/s1. The van der Waals surface area contributed by atoms with Gasteiger partial charge in [-0.15, -0.1) is 0 Å². The first-order valence-electron chi connectivity index (χ1n) is 9.33. The summed E-state index contributed by atoms with van der Waals surface area (Å²) in [5.41, 5.74) is 1.01. The van der Waals surface area contributed by atoms with Crippen molar-refractivity contribution >= 4 is 17.6 Å². The number of cyclic esters (lactones) is 1. The van der Waals surface area contributed by atoms with Crippen LogP contribution in [0.3, 0.4) is 0 Å². The Labute approximate surface area is 165 Å². The molecule has 2 aliphatic rings. The summed E-state index contributed by atoms with van der Waals surface area (Å²) in [7, 11) is 0. The number of anilines is 1. The Morgan fingerprint density at radius 2 is 1.76 bits per heavy atom. The van der Waals surface area contributed by atoms with Crippen molar-refractivity contribution in [2.75, 3.05) is 31.1 Å². The normalized spacial score (nSPS) is 19.1. The van der Waals surface area contributed by atoms with Gasteiger partial charge in [-0.1, -0.05) is 24.3 Å². The molecule has 8 heteroatoms. The summed E-state index contributed by atoms with van der Waals surface area (Å²) in [6, 6.07) is 12.2. The Kier molecular flexibility index (Phi) is 4.94. The van der Waals surface area contributed by atoms with Gasteiger partial charge in [0, 0.05) is 37.4 Å². The first-order valence-corrected chi connectivity index (χ1v) is 9.33. The number of halogens is 3. The fourth-order valence-corrected chi connectivity index (χ4v) is 3.75. The number of hydrogen-bond acceptors (Lipinski definition) is 4. The van der Waals surface area contributed by atoms with Gasteiger partial charge in [0.15, 0.2) is 0 Å². The molecule has 0 N–H and O–H groups in total. The highest BCUT2D eigenvalue weighted by Crippen LogP contribution is 2.34. The number of benzene rings is 2. The highest BCUT2D eigenvalue weighted by molar-refractivity contribution is 5.94. The molecule has 2 heterocycles. The van der Waals surface area contributed by atoms with Crippen LogP contribution in [0.25, 0.3) is 0 Å². The molecular formula is C21H19F3N2O3. The van der Waals surface area contributed by atoms with Crippen LogP contribution in [0.4, 0.5) is 18.9 Å². The second-order valence-electron chi connectivity index (χ2n) is 7.10. The minimum atomic E-state index is -4.39. The van der Waals surface area contributed by atoms with Crippen molar-refractivity contribution in [1.29, 1.82) is 0 Å². The molecule has 0 bridgehead atoms. The SMILES string of the molecule is O=C1O[C@@H](CC(=O)N2CCN(c3cccc(C(F)(F)F)c3)CC2)c2ccccc21. The Bertz CT molecular complexity index is 937. The van der Waals surface area contributed by atoms with Gasteiger partial charge in [0.2, 0.25) is 5.91 Å². The van der Waals surface area contributed by atoms with E-state index in [1.165, 1.54) is 6.07 Å². The molecule has 0 radical (unpaired) electrons. The van der Waals surface area contributed by atoms with Crippen molar-refractivity contribution in [3.05, 3.63) is 65.2 Å². The van der Waals surface area contributed by atoms with Gasteiger partial charge < -0.3 is 14.5 Å². The van der Waals surface area contributed by atoms with Crippen LogP contribution in [0, 0.1) is 0 Å². The predicted molar refractivity (Wildman–Crippen MR) is 99.5 cm³/mol. The second-order valence-corrected chi connectivity index (χ2v) is 7.10. The molecule has 0 unspecified atom stereocenters. The third-order valence-electron chi connectivity index (χ3n) is 5.31. The number of carbonyl (C=O) groups is 2. The van der Waals surface area contributed by atoms with E-state index in [1.807, 2.05) is 4.90 Å². The molecule has 1 amide bonds. The minimum Gasteiger partial charge on any atom is -0.453 e. The number of piperazine rings is 1. The summed E-state index contributed by atoms with van der Waals surface area (Å²) in [5, 5.41) is 0. The average molecular weight is 404 g/mol. The van der Waals surface area contributed by atoms with Crippen LogP contribution in [0.15, 0.2) is 48.5 Å². The number of rotatable bonds is 3. The third kappa shape index (κ3) is 3.92. The first kappa shape index (κ1) is 19.3. The lowest BCUT2D eigenvalue weighted by Crippen LogP contribution is -2.49. The fourth-order valence-electron chi connectivity index (χ4n) is 3.75. The summed E-state index contributed by atoms with van der Waals surface area (Å²) in [4.78, 5) is 28.1.